The van der Waals surface area contributed by atoms with Crippen molar-refractivity contribution in [3.63, 3.8) is 0 Å². The van der Waals surface area contributed by atoms with E-state index in [0.717, 1.165) is 10.2 Å². The molecule has 6 heteroatoms. The number of nitrogens with two attached hydrogens (primary N) is 1. The first-order chi connectivity index (χ1) is 7.22. The van der Waals surface area contributed by atoms with E-state index in [-0.39, 0.29) is 23.0 Å². The van der Waals surface area contributed by atoms with Gasteiger partial charge in [0, 0.05) is 0 Å². The van der Waals surface area contributed by atoms with Crippen molar-refractivity contribution in [3.05, 3.63) is 23.8 Å². The van der Waals surface area contributed by atoms with Gasteiger partial charge >= 0.3 is 5.97 Å². The number of esters is 1. The normalized spacial score (nSPS) is 9.81. The van der Waals surface area contributed by atoms with Gasteiger partial charge in [0.05, 0.1) is 22.4 Å². The topological polar surface area (TPSA) is 65.2 Å². The first-order valence-electron chi connectivity index (χ1n) is 4.54. The van der Waals surface area contributed by atoms with E-state index in [2.05, 4.69) is 4.98 Å². The van der Waals surface area contributed by atoms with E-state index in [1.54, 1.807) is 19.1 Å². The first kappa shape index (κ1) is 12.9. The van der Waals surface area contributed by atoms with Gasteiger partial charge in [0.25, 0.3) is 0 Å². The maximum Gasteiger partial charge on any atom is 0.339 e. The lowest BCUT2D eigenvalue weighted by Crippen LogP contribution is -2.04. The van der Waals surface area contributed by atoms with Crippen LogP contribution in [-0.2, 0) is 4.74 Å². The molecule has 4 nitrogen and oxygen atoms in total. The third kappa shape index (κ3) is 2.33. The van der Waals surface area contributed by atoms with Gasteiger partial charge in [-0.15, -0.1) is 17.0 Å². The fraction of sp³-hybridized carbons (Fsp3) is 0.200. The molecule has 1 aromatic heterocycles. The summed E-state index contributed by atoms with van der Waals surface area (Å²) in [7, 11) is 0. The molecule has 1 aromatic carbocycles. The van der Waals surface area contributed by atoms with Crippen molar-refractivity contribution < 1.29 is 9.53 Å². The Bertz CT molecular complexity index is 512. The van der Waals surface area contributed by atoms with Crippen LogP contribution in [0, 0.1) is 0 Å². The number of thiazole rings is 1. The summed E-state index contributed by atoms with van der Waals surface area (Å²) in [5.74, 6) is -0.327. The third-order valence-corrected chi connectivity index (χ3v) is 2.86. The number of fused-ring (bicyclic) bond motifs is 1. The van der Waals surface area contributed by atoms with Gasteiger partial charge in [-0.2, -0.15) is 0 Å². The molecule has 0 bridgehead atoms. The molecule has 86 valence electrons. The molecular formula is C10H11BrN2O2S. The van der Waals surface area contributed by atoms with E-state index in [9.17, 15) is 4.79 Å². The zero-order chi connectivity index (χ0) is 10.8. The molecule has 2 aromatic rings. The van der Waals surface area contributed by atoms with E-state index in [4.69, 9.17) is 10.5 Å². The van der Waals surface area contributed by atoms with Crippen LogP contribution in [-0.4, -0.2) is 17.6 Å². The minimum Gasteiger partial charge on any atom is -0.462 e. The minimum absolute atomic E-state index is 0. The molecule has 0 unspecified atom stereocenters. The number of carbonyl (C=O) groups is 1. The van der Waals surface area contributed by atoms with Crippen molar-refractivity contribution in [2.75, 3.05) is 12.3 Å². The highest BCUT2D eigenvalue weighted by molar-refractivity contribution is 8.93. The van der Waals surface area contributed by atoms with Crippen molar-refractivity contribution >= 4 is 49.6 Å². The standard InChI is InChI=1S/C10H10N2O2S.BrH/c1-2-14-9(13)6-4-3-5-7-8(6)15-10(11)12-7;/h3-5H,2H2,1H3,(H2,11,12);1H. The highest BCUT2D eigenvalue weighted by atomic mass is 79.9. The number of aromatic nitrogens is 1. The Labute approximate surface area is 107 Å². The van der Waals surface area contributed by atoms with Crippen molar-refractivity contribution in [3.8, 4) is 0 Å². The summed E-state index contributed by atoms with van der Waals surface area (Å²) in [6.07, 6.45) is 0. The summed E-state index contributed by atoms with van der Waals surface area (Å²) in [5.41, 5.74) is 6.86. The zero-order valence-electron chi connectivity index (χ0n) is 8.60. The van der Waals surface area contributed by atoms with Crippen molar-refractivity contribution in [1.29, 1.82) is 0 Å². The number of nitrogens with zero attached hydrogens (tertiary/aromatic N) is 1. The van der Waals surface area contributed by atoms with Crippen LogP contribution in [0.4, 0.5) is 5.13 Å². The summed E-state index contributed by atoms with van der Waals surface area (Å²) in [6, 6.07) is 5.32. The summed E-state index contributed by atoms with van der Waals surface area (Å²) in [4.78, 5) is 15.7. The molecule has 2 N–H and O–H groups in total. The van der Waals surface area contributed by atoms with E-state index in [1.807, 2.05) is 6.07 Å². The van der Waals surface area contributed by atoms with Crippen molar-refractivity contribution in [2.45, 2.75) is 6.92 Å². The Balaban J connectivity index is 0.00000128. The van der Waals surface area contributed by atoms with Crippen LogP contribution in [0.1, 0.15) is 17.3 Å². The van der Waals surface area contributed by atoms with Gasteiger partial charge in [-0.3, -0.25) is 0 Å². The van der Waals surface area contributed by atoms with Gasteiger partial charge in [-0.1, -0.05) is 17.4 Å². The predicted molar refractivity (Wildman–Crippen MR) is 70.3 cm³/mol. The summed E-state index contributed by atoms with van der Waals surface area (Å²) >= 11 is 1.30. The van der Waals surface area contributed by atoms with Crippen LogP contribution in [0.25, 0.3) is 10.2 Å². The fourth-order valence-electron chi connectivity index (χ4n) is 1.34. The highest BCUT2D eigenvalue weighted by Crippen LogP contribution is 2.27. The van der Waals surface area contributed by atoms with Gasteiger partial charge in [0.15, 0.2) is 5.13 Å². The first-order valence-corrected chi connectivity index (χ1v) is 5.36. The Hall–Kier alpha value is -1.14. The fourth-order valence-corrected chi connectivity index (χ4v) is 2.17. The van der Waals surface area contributed by atoms with E-state index in [0.29, 0.717) is 17.3 Å². The number of ether oxygens (including phenoxy) is 1. The molecule has 0 fully saturated rings. The van der Waals surface area contributed by atoms with Crippen LogP contribution in [0.5, 0.6) is 0 Å². The predicted octanol–water partition coefficient (Wildman–Crippen LogP) is 2.63. The number of anilines is 1. The molecule has 0 atom stereocenters. The molecule has 0 aliphatic carbocycles. The molecule has 0 radical (unpaired) electrons. The van der Waals surface area contributed by atoms with Crippen LogP contribution >= 0.6 is 28.3 Å². The van der Waals surface area contributed by atoms with E-state index >= 15 is 0 Å². The van der Waals surface area contributed by atoms with Gasteiger partial charge in [-0.25, -0.2) is 9.78 Å². The zero-order valence-corrected chi connectivity index (χ0v) is 11.1. The lowest BCUT2D eigenvalue weighted by atomic mass is 10.2. The quantitative estimate of drug-likeness (QED) is 0.866. The molecule has 2 rings (SSSR count). The molecule has 0 spiro atoms. The molecule has 0 amide bonds. The van der Waals surface area contributed by atoms with E-state index < -0.39 is 0 Å². The third-order valence-electron chi connectivity index (χ3n) is 1.93. The average Bonchev–Trinajstić information content (AvgIpc) is 2.57. The number of benzene rings is 1. The highest BCUT2D eigenvalue weighted by Gasteiger charge is 2.13. The number of halogens is 1. The van der Waals surface area contributed by atoms with Crippen LogP contribution in [0.2, 0.25) is 0 Å². The molecule has 0 aliphatic rings. The smallest absolute Gasteiger partial charge is 0.339 e. The van der Waals surface area contributed by atoms with Gasteiger partial charge < -0.3 is 10.5 Å². The molecule has 1 heterocycles. The lowest BCUT2D eigenvalue weighted by Gasteiger charge is -2.01. The number of hydrogen-bond acceptors (Lipinski definition) is 5. The molecule has 16 heavy (non-hydrogen) atoms. The molecule has 0 saturated carbocycles. The Morgan fingerprint density at radius 3 is 3.00 bits per heavy atom. The van der Waals surface area contributed by atoms with Gasteiger partial charge in [0.2, 0.25) is 0 Å². The lowest BCUT2D eigenvalue weighted by molar-refractivity contribution is 0.0529. The SMILES string of the molecule is Br.CCOC(=O)c1cccc2nc(N)sc12. The summed E-state index contributed by atoms with van der Waals surface area (Å²) in [6.45, 7) is 2.14. The number of nitrogen functional groups attached to an aromatic ring is 1. The van der Waals surface area contributed by atoms with Crippen LogP contribution in [0.15, 0.2) is 18.2 Å². The minimum atomic E-state index is -0.327. The summed E-state index contributed by atoms with van der Waals surface area (Å²) in [5, 5.41) is 0.460. The second kappa shape index (κ2) is 5.27. The Kier molecular flexibility index (Phi) is 4.26. The monoisotopic (exact) mass is 302 g/mol. The van der Waals surface area contributed by atoms with Crippen LogP contribution in [0.3, 0.4) is 0 Å². The largest absolute Gasteiger partial charge is 0.462 e. The van der Waals surface area contributed by atoms with Gasteiger partial charge in [0.1, 0.15) is 0 Å². The van der Waals surface area contributed by atoms with E-state index in [1.165, 1.54) is 11.3 Å². The maximum atomic E-state index is 11.6. The molecular weight excluding hydrogens is 292 g/mol. The second-order valence-electron chi connectivity index (χ2n) is 2.93. The Morgan fingerprint density at radius 2 is 2.31 bits per heavy atom. The van der Waals surface area contributed by atoms with Crippen molar-refractivity contribution in [1.82, 2.24) is 4.98 Å². The second-order valence-corrected chi connectivity index (χ2v) is 3.96. The van der Waals surface area contributed by atoms with Crippen molar-refractivity contribution in [2.24, 2.45) is 0 Å². The Morgan fingerprint density at radius 1 is 1.56 bits per heavy atom. The number of rotatable bonds is 2. The number of carbonyl (C=O) groups excluding carboxylic acids is 1. The van der Waals surface area contributed by atoms with Crippen LogP contribution < -0.4 is 5.73 Å². The maximum absolute atomic E-state index is 11.6. The average molecular weight is 303 g/mol. The summed E-state index contributed by atoms with van der Waals surface area (Å²) < 4.78 is 5.73. The molecule has 0 aliphatic heterocycles. The molecule has 0 saturated heterocycles. The van der Waals surface area contributed by atoms with Gasteiger partial charge in [-0.05, 0) is 19.1 Å². The number of hydrogen-bond donors (Lipinski definition) is 1.